The number of carbonyl (C=O) groups is 1. The molecule has 1 aliphatic heterocycles. The zero-order valence-corrected chi connectivity index (χ0v) is 19.4. The van der Waals surface area contributed by atoms with Gasteiger partial charge in [-0.1, -0.05) is 23.7 Å². The van der Waals surface area contributed by atoms with Gasteiger partial charge in [0.25, 0.3) is 0 Å². The molecule has 0 aromatic heterocycles. The van der Waals surface area contributed by atoms with E-state index in [1.807, 2.05) is 29.2 Å². The van der Waals surface area contributed by atoms with Gasteiger partial charge in [0.15, 0.2) is 0 Å². The largest absolute Gasteiger partial charge is 0.495 e. The van der Waals surface area contributed by atoms with Crippen LogP contribution in [0.15, 0.2) is 42.1 Å². The van der Waals surface area contributed by atoms with Crippen molar-refractivity contribution in [2.45, 2.75) is 45.2 Å². The minimum Gasteiger partial charge on any atom is -0.495 e. The summed E-state index contributed by atoms with van der Waals surface area (Å²) in [5.41, 5.74) is 5.49. The number of fused-ring (bicyclic) bond motifs is 1. The van der Waals surface area contributed by atoms with Gasteiger partial charge in [-0.15, -0.1) is 0 Å². The molecule has 5 rings (SSSR count). The third kappa shape index (κ3) is 3.56. The second kappa shape index (κ2) is 7.93. The third-order valence-electron chi connectivity index (χ3n) is 7.14. The molecule has 2 aromatic rings. The Hall–Kier alpha value is -2.86. The van der Waals surface area contributed by atoms with Crippen LogP contribution in [0.25, 0.3) is 0 Å². The van der Waals surface area contributed by atoms with E-state index in [1.165, 1.54) is 11.3 Å². The number of hydrogen-bond donors (Lipinski definition) is 2. The van der Waals surface area contributed by atoms with Crippen molar-refractivity contribution in [2.24, 2.45) is 5.41 Å². The Balaban J connectivity index is 1.22. The quantitative estimate of drug-likeness (QED) is 0.587. The van der Waals surface area contributed by atoms with Crippen molar-refractivity contribution >= 4 is 29.0 Å². The monoisotopic (exact) mass is 453 g/mol. The first-order valence-electron chi connectivity index (χ1n) is 11.0. The van der Waals surface area contributed by atoms with Crippen LogP contribution in [0.1, 0.15) is 36.8 Å². The molecular weight excluding hydrogens is 426 g/mol. The summed E-state index contributed by atoms with van der Waals surface area (Å²) in [6, 6.07) is 9.93. The lowest BCUT2D eigenvalue weighted by atomic mass is 9.80. The van der Waals surface area contributed by atoms with Crippen LogP contribution in [0.3, 0.4) is 0 Å². The normalized spacial score (nSPS) is 23.9. The highest BCUT2D eigenvalue weighted by molar-refractivity contribution is 6.32. The van der Waals surface area contributed by atoms with Gasteiger partial charge in [-0.2, -0.15) is 0 Å². The van der Waals surface area contributed by atoms with Crippen molar-refractivity contribution in [2.75, 3.05) is 24.9 Å². The van der Waals surface area contributed by atoms with Gasteiger partial charge in [-0.25, -0.2) is 4.79 Å². The molecule has 2 amide bonds. The fourth-order valence-corrected chi connectivity index (χ4v) is 5.36. The Labute approximate surface area is 193 Å². The third-order valence-corrected chi connectivity index (χ3v) is 7.44. The van der Waals surface area contributed by atoms with Crippen molar-refractivity contribution in [1.29, 1.82) is 0 Å². The van der Waals surface area contributed by atoms with Gasteiger partial charge < -0.3 is 25.0 Å². The second-order valence-corrected chi connectivity index (χ2v) is 9.32. The lowest BCUT2D eigenvalue weighted by molar-refractivity contribution is 0.145. The average Bonchev–Trinajstić information content (AvgIpc) is 3.45. The number of benzene rings is 2. The molecule has 0 unspecified atom stereocenters. The lowest BCUT2D eigenvalue weighted by Crippen LogP contribution is -2.47. The van der Waals surface area contributed by atoms with Crippen LogP contribution < -0.4 is 20.1 Å². The zero-order valence-electron chi connectivity index (χ0n) is 18.6. The molecule has 1 spiro atoms. The van der Waals surface area contributed by atoms with Gasteiger partial charge in [0.05, 0.1) is 31.5 Å². The molecule has 2 N–H and O–H groups in total. The van der Waals surface area contributed by atoms with Crippen molar-refractivity contribution in [1.82, 2.24) is 4.90 Å². The van der Waals surface area contributed by atoms with Crippen LogP contribution in [-0.4, -0.2) is 31.2 Å². The Morgan fingerprint density at radius 3 is 2.53 bits per heavy atom. The van der Waals surface area contributed by atoms with Crippen molar-refractivity contribution in [3.63, 3.8) is 0 Å². The number of nitrogens with zero attached hydrogens (tertiary/aromatic N) is 1. The number of halogens is 1. The van der Waals surface area contributed by atoms with E-state index in [0.717, 1.165) is 48.4 Å². The summed E-state index contributed by atoms with van der Waals surface area (Å²) in [4.78, 5) is 14.9. The number of ether oxygens (including phenoxy) is 2. The maximum Gasteiger partial charge on any atom is 0.322 e. The molecule has 6 nitrogen and oxygen atoms in total. The topological polar surface area (TPSA) is 62.8 Å². The minimum atomic E-state index is -0.0303. The van der Waals surface area contributed by atoms with E-state index in [0.29, 0.717) is 17.3 Å². The molecule has 2 aliphatic carbocycles. The number of allylic oxidation sites excluding steroid dienone is 2. The SMILES string of the molecule is COc1ccc(NC2=CC23CCC(N2Cc4c(C)ccc(OC)c4NC2=O)CC3)cc1Cl. The predicted molar refractivity (Wildman–Crippen MR) is 127 cm³/mol. The van der Waals surface area contributed by atoms with Gasteiger partial charge in [-0.05, 0) is 62.4 Å². The van der Waals surface area contributed by atoms with Gasteiger partial charge >= 0.3 is 6.03 Å². The highest BCUT2D eigenvalue weighted by Crippen LogP contribution is 2.55. The summed E-state index contributed by atoms with van der Waals surface area (Å²) in [7, 11) is 3.25. The number of hydrogen-bond acceptors (Lipinski definition) is 4. The Bertz CT molecular complexity index is 1110. The number of urea groups is 1. The molecular formula is C25H28ClN3O3. The van der Waals surface area contributed by atoms with Crippen LogP contribution in [0.4, 0.5) is 16.2 Å². The summed E-state index contributed by atoms with van der Waals surface area (Å²) in [6.45, 7) is 2.71. The van der Waals surface area contributed by atoms with E-state index in [1.54, 1.807) is 14.2 Å². The van der Waals surface area contributed by atoms with Crippen LogP contribution in [-0.2, 0) is 6.54 Å². The summed E-state index contributed by atoms with van der Waals surface area (Å²) < 4.78 is 10.7. The number of rotatable bonds is 5. The fraction of sp³-hybridized carbons (Fsp3) is 0.400. The molecule has 7 heteroatoms. The van der Waals surface area contributed by atoms with Crippen LogP contribution in [0.2, 0.25) is 5.02 Å². The molecule has 1 heterocycles. The lowest BCUT2D eigenvalue weighted by Gasteiger charge is -2.40. The molecule has 1 saturated carbocycles. The van der Waals surface area contributed by atoms with Gasteiger partial charge in [-0.3, -0.25) is 0 Å². The molecule has 0 radical (unpaired) electrons. The van der Waals surface area contributed by atoms with E-state index >= 15 is 0 Å². The number of anilines is 2. The summed E-state index contributed by atoms with van der Waals surface area (Å²) >= 11 is 6.26. The van der Waals surface area contributed by atoms with Crippen molar-refractivity contribution in [3.8, 4) is 11.5 Å². The van der Waals surface area contributed by atoms with Gasteiger partial charge in [0.2, 0.25) is 0 Å². The maximum atomic E-state index is 12.9. The number of carbonyl (C=O) groups excluding carboxylic acids is 1. The molecule has 2 aromatic carbocycles. The highest BCUT2D eigenvalue weighted by atomic mass is 35.5. The maximum absolute atomic E-state index is 12.9. The van der Waals surface area contributed by atoms with Gasteiger partial charge in [0, 0.05) is 28.4 Å². The fourth-order valence-electron chi connectivity index (χ4n) is 5.10. The van der Waals surface area contributed by atoms with Crippen LogP contribution in [0.5, 0.6) is 11.5 Å². The van der Waals surface area contributed by atoms with E-state index in [9.17, 15) is 4.79 Å². The van der Waals surface area contributed by atoms with E-state index in [4.69, 9.17) is 21.1 Å². The van der Waals surface area contributed by atoms with E-state index < -0.39 is 0 Å². The molecule has 3 aliphatic rings. The molecule has 32 heavy (non-hydrogen) atoms. The molecule has 1 fully saturated rings. The number of methoxy groups -OCH3 is 2. The first-order chi connectivity index (χ1) is 15.4. The zero-order chi connectivity index (χ0) is 22.5. The van der Waals surface area contributed by atoms with Crippen molar-refractivity contribution < 1.29 is 14.3 Å². The summed E-state index contributed by atoms with van der Waals surface area (Å²) in [6.07, 6.45) is 6.37. The highest BCUT2D eigenvalue weighted by Gasteiger charge is 2.48. The Morgan fingerprint density at radius 2 is 1.84 bits per heavy atom. The number of aryl methyl sites for hydroxylation is 1. The number of amides is 2. The summed E-state index contributed by atoms with van der Waals surface area (Å²) in [5, 5.41) is 7.19. The number of nitrogens with one attached hydrogen (secondary N) is 2. The predicted octanol–water partition coefficient (Wildman–Crippen LogP) is 5.95. The Morgan fingerprint density at radius 1 is 1.12 bits per heavy atom. The van der Waals surface area contributed by atoms with E-state index in [-0.39, 0.29) is 17.5 Å². The smallest absolute Gasteiger partial charge is 0.322 e. The van der Waals surface area contributed by atoms with Crippen LogP contribution in [0, 0.1) is 12.3 Å². The molecule has 168 valence electrons. The first kappa shape index (κ1) is 21.0. The second-order valence-electron chi connectivity index (χ2n) is 8.92. The first-order valence-corrected chi connectivity index (χ1v) is 11.4. The summed E-state index contributed by atoms with van der Waals surface area (Å²) in [5.74, 6) is 1.39. The Kier molecular flexibility index (Phi) is 5.20. The average molecular weight is 454 g/mol. The molecule has 0 atom stereocenters. The molecule has 0 bridgehead atoms. The van der Waals surface area contributed by atoms with Gasteiger partial charge in [0.1, 0.15) is 11.5 Å². The minimum absolute atomic E-state index is 0.0303. The molecule has 0 saturated heterocycles. The van der Waals surface area contributed by atoms with Crippen LogP contribution >= 0.6 is 11.6 Å². The van der Waals surface area contributed by atoms with E-state index in [2.05, 4.69) is 29.7 Å². The standard InChI is InChI=1S/C25H28ClN3O3/c1-15-4-6-21(32-3)23-18(15)14-29(24(30)28-23)17-8-10-25(11-9-17)13-22(25)27-16-5-7-20(31-2)19(26)12-16/h4-7,12-13,17,27H,8-11,14H2,1-3H3,(H,28,30). The van der Waals surface area contributed by atoms with Crippen molar-refractivity contribution in [3.05, 3.63) is 58.3 Å².